The van der Waals surface area contributed by atoms with Crippen LogP contribution in [-0.2, 0) is 10.3 Å². The molecule has 3 aromatic rings. The van der Waals surface area contributed by atoms with Gasteiger partial charge in [-0.05, 0) is 44.0 Å². The SMILES string of the molecule is C/C(=C/O)NC1(c2ccccc2)C(=O)Nc2ccc(-c3c(C)noc3C)cc21. The first-order chi connectivity index (χ1) is 13.5. The standard InChI is InChI=1S/C22H21N3O3/c1-13(12-26)24-22(17-7-5-4-6-8-17)18-11-16(9-10-19(18)23-21(22)27)20-14(2)25-28-15(20)3/h4-12,24,26H,1-3H3,(H,23,27)/b13-12-. The van der Waals surface area contributed by atoms with E-state index in [9.17, 15) is 9.90 Å². The second-order valence-electron chi connectivity index (χ2n) is 6.97. The van der Waals surface area contributed by atoms with Crippen molar-refractivity contribution in [2.45, 2.75) is 26.3 Å². The Labute approximate surface area is 162 Å². The van der Waals surface area contributed by atoms with Gasteiger partial charge in [0.25, 0.3) is 5.91 Å². The average Bonchev–Trinajstić information content (AvgIpc) is 3.18. The number of carbonyl (C=O) groups excluding carboxylic acids is 1. The maximum Gasteiger partial charge on any atom is 0.259 e. The number of allylic oxidation sites excluding steroid dienone is 1. The lowest BCUT2D eigenvalue weighted by Gasteiger charge is -2.31. The van der Waals surface area contributed by atoms with E-state index in [1.165, 1.54) is 0 Å². The molecular weight excluding hydrogens is 354 g/mol. The van der Waals surface area contributed by atoms with Crippen LogP contribution < -0.4 is 10.6 Å². The minimum absolute atomic E-state index is 0.203. The number of nitrogens with zero attached hydrogens (tertiary/aromatic N) is 1. The molecule has 1 atom stereocenters. The van der Waals surface area contributed by atoms with Crippen molar-refractivity contribution in [3.63, 3.8) is 0 Å². The smallest absolute Gasteiger partial charge is 0.259 e. The Balaban J connectivity index is 1.97. The molecule has 1 aliphatic rings. The van der Waals surface area contributed by atoms with Crippen LogP contribution in [-0.4, -0.2) is 16.2 Å². The molecule has 0 bridgehead atoms. The van der Waals surface area contributed by atoms with E-state index in [0.717, 1.165) is 45.7 Å². The molecule has 0 spiro atoms. The molecule has 0 radical (unpaired) electrons. The molecule has 1 aromatic heterocycles. The van der Waals surface area contributed by atoms with Crippen LogP contribution in [0.1, 0.15) is 29.5 Å². The number of carbonyl (C=O) groups is 1. The predicted octanol–water partition coefficient (Wildman–Crippen LogP) is 4.16. The molecule has 6 nitrogen and oxygen atoms in total. The van der Waals surface area contributed by atoms with Crippen molar-refractivity contribution in [1.29, 1.82) is 0 Å². The third-order valence-electron chi connectivity index (χ3n) is 5.12. The third kappa shape index (κ3) is 2.57. The minimum atomic E-state index is -1.16. The fraction of sp³-hybridized carbons (Fsp3) is 0.182. The summed E-state index contributed by atoms with van der Waals surface area (Å²) in [4.78, 5) is 13.2. The summed E-state index contributed by atoms with van der Waals surface area (Å²) in [5.41, 5.74) is 4.23. The summed E-state index contributed by atoms with van der Waals surface area (Å²) in [7, 11) is 0. The highest BCUT2D eigenvalue weighted by Crippen LogP contribution is 2.44. The Morgan fingerprint density at radius 2 is 1.96 bits per heavy atom. The van der Waals surface area contributed by atoms with E-state index in [0.29, 0.717) is 5.70 Å². The minimum Gasteiger partial charge on any atom is -0.514 e. The van der Waals surface area contributed by atoms with E-state index >= 15 is 0 Å². The van der Waals surface area contributed by atoms with Crippen molar-refractivity contribution in [2.24, 2.45) is 0 Å². The van der Waals surface area contributed by atoms with Gasteiger partial charge in [0, 0.05) is 22.5 Å². The molecule has 1 unspecified atom stereocenters. The van der Waals surface area contributed by atoms with E-state index in [-0.39, 0.29) is 5.91 Å². The van der Waals surface area contributed by atoms with E-state index < -0.39 is 5.54 Å². The molecule has 0 saturated heterocycles. The van der Waals surface area contributed by atoms with Gasteiger partial charge in [0.05, 0.1) is 12.0 Å². The normalized spacial score (nSPS) is 18.7. The maximum absolute atomic E-state index is 13.2. The number of nitrogens with one attached hydrogen (secondary N) is 2. The quantitative estimate of drug-likeness (QED) is 0.596. The number of aryl methyl sites for hydroxylation is 2. The lowest BCUT2D eigenvalue weighted by Crippen LogP contribution is -2.48. The summed E-state index contributed by atoms with van der Waals surface area (Å²) in [6.07, 6.45) is 0.966. The summed E-state index contributed by atoms with van der Waals surface area (Å²) in [5.74, 6) is 0.519. The second-order valence-corrected chi connectivity index (χ2v) is 6.97. The Bertz CT molecular complexity index is 1070. The molecule has 2 aromatic carbocycles. The van der Waals surface area contributed by atoms with Gasteiger partial charge in [-0.1, -0.05) is 41.6 Å². The number of amides is 1. The largest absolute Gasteiger partial charge is 0.514 e. The van der Waals surface area contributed by atoms with Crippen molar-refractivity contribution in [1.82, 2.24) is 10.5 Å². The monoisotopic (exact) mass is 375 g/mol. The zero-order chi connectivity index (χ0) is 19.9. The first-order valence-corrected chi connectivity index (χ1v) is 9.01. The fourth-order valence-electron chi connectivity index (χ4n) is 3.85. The van der Waals surface area contributed by atoms with E-state index in [1.54, 1.807) is 6.92 Å². The molecule has 0 fully saturated rings. The summed E-state index contributed by atoms with van der Waals surface area (Å²) in [6.45, 7) is 5.48. The Morgan fingerprint density at radius 1 is 1.21 bits per heavy atom. The van der Waals surface area contributed by atoms with Crippen LogP contribution in [0.2, 0.25) is 0 Å². The third-order valence-corrected chi connectivity index (χ3v) is 5.12. The van der Waals surface area contributed by atoms with Gasteiger partial charge in [-0.2, -0.15) is 0 Å². The second kappa shape index (κ2) is 6.56. The van der Waals surface area contributed by atoms with Crippen molar-refractivity contribution < 1.29 is 14.4 Å². The van der Waals surface area contributed by atoms with Crippen molar-refractivity contribution in [3.05, 3.63) is 83.1 Å². The highest BCUT2D eigenvalue weighted by Gasteiger charge is 2.48. The highest BCUT2D eigenvalue weighted by atomic mass is 16.5. The molecule has 4 rings (SSSR count). The molecule has 1 amide bonds. The molecule has 2 heterocycles. The van der Waals surface area contributed by atoms with Crippen molar-refractivity contribution in [2.75, 3.05) is 5.32 Å². The lowest BCUT2D eigenvalue weighted by atomic mass is 9.82. The van der Waals surface area contributed by atoms with E-state index in [2.05, 4.69) is 15.8 Å². The number of benzene rings is 2. The van der Waals surface area contributed by atoms with Crippen molar-refractivity contribution in [3.8, 4) is 11.1 Å². The summed E-state index contributed by atoms with van der Waals surface area (Å²) < 4.78 is 5.32. The highest BCUT2D eigenvalue weighted by molar-refractivity contribution is 6.09. The number of hydrogen-bond donors (Lipinski definition) is 3. The van der Waals surface area contributed by atoms with Gasteiger partial charge in [0.2, 0.25) is 0 Å². The van der Waals surface area contributed by atoms with E-state index in [4.69, 9.17) is 4.52 Å². The van der Waals surface area contributed by atoms with Gasteiger partial charge in [0.1, 0.15) is 5.76 Å². The average molecular weight is 375 g/mol. The summed E-state index contributed by atoms with van der Waals surface area (Å²) >= 11 is 0. The molecule has 6 heteroatoms. The van der Waals surface area contributed by atoms with Crippen LogP contribution in [0.15, 0.2) is 65.0 Å². The molecule has 142 valence electrons. The number of aliphatic hydroxyl groups is 1. The van der Waals surface area contributed by atoms with E-state index in [1.807, 2.05) is 62.4 Å². The van der Waals surface area contributed by atoms with Crippen LogP contribution in [0, 0.1) is 13.8 Å². The topological polar surface area (TPSA) is 87.4 Å². The molecule has 0 saturated carbocycles. The van der Waals surface area contributed by atoms with Gasteiger partial charge < -0.3 is 20.3 Å². The molecule has 0 aliphatic carbocycles. The maximum atomic E-state index is 13.2. The number of anilines is 1. The Morgan fingerprint density at radius 3 is 2.61 bits per heavy atom. The number of hydrogen-bond acceptors (Lipinski definition) is 5. The van der Waals surface area contributed by atoms with Gasteiger partial charge in [-0.25, -0.2) is 0 Å². The molecular formula is C22H21N3O3. The van der Waals surface area contributed by atoms with Gasteiger partial charge >= 0.3 is 0 Å². The zero-order valence-electron chi connectivity index (χ0n) is 15.9. The van der Waals surface area contributed by atoms with Crippen LogP contribution in [0.25, 0.3) is 11.1 Å². The predicted molar refractivity (Wildman–Crippen MR) is 107 cm³/mol. The zero-order valence-corrected chi connectivity index (χ0v) is 15.9. The summed E-state index contributed by atoms with van der Waals surface area (Å²) in [5, 5.41) is 19.7. The Kier molecular flexibility index (Phi) is 4.19. The van der Waals surface area contributed by atoms with Crippen LogP contribution in [0.4, 0.5) is 5.69 Å². The van der Waals surface area contributed by atoms with Gasteiger partial charge in [-0.15, -0.1) is 0 Å². The molecule has 3 N–H and O–H groups in total. The first-order valence-electron chi connectivity index (χ1n) is 9.01. The van der Waals surface area contributed by atoms with Gasteiger partial charge in [-0.3, -0.25) is 4.79 Å². The number of aromatic nitrogens is 1. The first kappa shape index (κ1) is 17.9. The van der Waals surface area contributed by atoms with Crippen LogP contribution in [0.5, 0.6) is 0 Å². The van der Waals surface area contributed by atoms with Crippen LogP contribution >= 0.6 is 0 Å². The number of fused-ring (bicyclic) bond motifs is 1. The van der Waals surface area contributed by atoms with Crippen LogP contribution in [0.3, 0.4) is 0 Å². The number of aliphatic hydroxyl groups excluding tert-OH is 1. The fourth-order valence-corrected chi connectivity index (χ4v) is 3.85. The lowest BCUT2D eigenvalue weighted by molar-refractivity contribution is -0.120. The Hall–Kier alpha value is -3.54. The summed E-state index contributed by atoms with van der Waals surface area (Å²) in [6, 6.07) is 15.3. The van der Waals surface area contributed by atoms with Crippen molar-refractivity contribution >= 4 is 11.6 Å². The van der Waals surface area contributed by atoms with Gasteiger partial charge in [0.15, 0.2) is 5.54 Å². The molecule has 28 heavy (non-hydrogen) atoms. The number of rotatable bonds is 4. The molecule has 1 aliphatic heterocycles.